The molecule has 0 bridgehead atoms. The molecule has 0 saturated heterocycles. The Labute approximate surface area is 95.6 Å². The molecule has 1 aliphatic carbocycles. The van der Waals surface area contributed by atoms with Gasteiger partial charge < -0.3 is 9.47 Å². The van der Waals surface area contributed by atoms with Crippen LogP contribution in [0.2, 0.25) is 0 Å². The van der Waals surface area contributed by atoms with Gasteiger partial charge in [-0.2, -0.15) is 0 Å². The van der Waals surface area contributed by atoms with E-state index in [0.29, 0.717) is 12.8 Å². The second kappa shape index (κ2) is 6.30. The molecule has 4 nitrogen and oxygen atoms in total. The minimum Gasteiger partial charge on any atom is -0.469 e. The quantitative estimate of drug-likeness (QED) is 0.531. The molecular formula is C12H18O4. The maximum absolute atomic E-state index is 11.6. The first kappa shape index (κ1) is 12.7. The Kier molecular flexibility index (Phi) is 5.02. The molecule has 2 atom stereocenters. The van der Waals surface area contributed by atoms with E-state index in [4.69, 9.17) is 9.47 Å². The first-order chi connectivity index (χ1) is 7.70. The fourth-order valence-electron chi connectivity index (χ4n) is 2.06. The van der Waals surface area contributed by atoms with Gasteiger partial charge in [-0.05, 0) is 25.7 Å². The highest BCUT2D eigenvalue weighted by Gasteiger charge is 2.34. The lowest BCUT2D eigenvalue weighted by molar-refractivity contribution is -0.158. The molecule has 0 fully saturated rings. The van der Waals surface area contributed by atoms with Crippen molar-refractivity contribution >= 4 is 11.9 Å². The average molecular weight is 226 g/mol. The van der Waals surface area contributed by atoms with Crippen LogP contribution in [0.4, 0.5) is 0 Å². The number of carbonyl (C=O) groups is 2. The Balaban J connectivity index is 2.82. The number of allylic oxidation sites excluding steroid dienone is 2. The molecule has 0 heterocycles. The van der Waals surface area contributed by atoms with Crippen LogP contribution in [0.15, 0.2) is 12.2 Å². The third-order valence-corrected chi connectivity index (χ3v) is 2.95. The van der Waals surface area contributed by atoms with Gasteiger partial charge in [-0.15, -0.1) is 0 Å². The fraction of sp³-hybridized carbons (Fsp3) is 0.667. The lowest BCUT2D eigenvalue weighted by Crippen LogP contribution is -2.32. The SMILES string of the molecule is COC(=O)C1CCC=CCCC1C(=O)OC. The van der Waals surface area contributed by atoms with Gasteiger partial charge in [0.15, 0.2) is 0 Å². The fourth-order valence-corrected chi connectivity index (χ4v) is 2.06. The van der Waals surface area contributed by atoms with Crippen molar-refractivity contribution in [2.45, 2.75) is 25.7 Å². The van der Waals surface area contributed by atoms with Gasteiger partial charge in [-0.3, -0.25) is 9.59 Å². The summed E-state index contributed by atoms with van der Waals surface area (Å²) in [5.41, 5.74) is 0. The Morgan fingerprint density at radius 3 is 1.62 bits per heavy atom. The van der Waals surface area contributed by atoms with Gasteiger partial charge in [0.05, 0.1) is 26.1 Å². The first-order valence-electron chi connectivity index (χ1n) is 5.51. The maximum Gasteiger partial charge on any atom is 0.309 e. The molecule has 2 unspecified atom stereocenters. The van der Waals surface area contributed by atoms with Gasteiger partial charge in [0.2, 0.25) is 0 Å². The highest BCUT2D eigenvalue weighted by molar-refractivity contribution is 5.82. The van der Waals surface area contributed by atoms with Crippen LogP contribution in [0.25, 0.3) is 0 Å². The van der Waals surface area contributed by atoms with E-state index in [1.54, 1.807) is 0 Å². The maximum atomic E-state index is 11.6. The summed E-state index contributed by atoms with van der Waals surface area (Å²) in [6.07, 6.45) is 6.97. The summed E-state index contributed by atoms with van der Waals surface area (Å²) in [7, 11) is 2.70. The molecule has 0 aliphatic heterocycles. The van der Waals surface area contributed by atoms with Crippen molar-refractivity contribution in [1.82, 2.24) is 0 Å². The zero-order valence-corrected chi connectivity index (χ0v) is 9.77. The second-order valence-corrected chi connectivity index (χ2v) is 3.89. The molecule has 0 spiro atoms. The molecule has 1 aliphatic rings. The molecule has 0 amide bonds. The second-order valence-electron chi connectivity index (χ2n) is 3.89. The first-order valence-corrected chi connectivity index (χ1v) is 5.51. The van der Waals surface area contributed by atoms with E-state index in [1.165, 1.54) is 14.2 Å². The van der Waals surface area contributed by atoms with Crippen LogP contribution < -0.4 is 0 Å². The lowest BCUT2D eigenvalue weighted by Gasteiger charge is -2.23. The standard InChI is InChI=1S/C12H18O4/c1-15-11(13)9-7-5-3-4-6-8-10(9)12(14)16-2/h3-4,9-10H,5-8H2,1-2H3. The van der Waals surface area contributed by atoms with Crippen LogP contribution in [0, 0.1) is 11.8 Å². The predicted molar refractivity (Wildman–Crippen MR) is 58.6 cm³/mol. The van der Waals surface area contributed by atoms with Gasteiger partial charge >= 0.3 is 11.9 Å². The number of esters is 2. The smallest absolute Gasteiger partial charge is 0.309 e. The highest BCUT2D eigenvalue weighted by Crippen LogP contribution is 2.27. The number of ether oxygens (including phenoxy) is 2. The van der Waals surface area contributed by atoms with Crippen LogP contribution >= 0.6 is 0 Å². The van der Waals surface area contributed by atoms with Crippen molar-refractivity contribution in [2.75, 3.05) is 14.2 Å². The lowest BCUT2D eigenvalue weighted by atomic mass is 9.83. The third-order valence-electron chi connectivity index (χ3n) is 2.95. The van der Waals surface area contributed by atoms with Crippen LogP contribution in [0.3, 0.4) is 0 Å². The van der Waals surface area contributed by atoms with E-state index in [1.807, 2.05) is 12.2 Å². The Bertz CT molecular complexity index is 255. The number of methoxy groups -OCH3 is 2. The summed E-state index contributed by atoms with van der Waals surface area (Å²) >= 11 is 0. The summed E-state index contributed by atoms with van der Waals surface area (Å²) in [4.78, 5) is 23.2. The zero-order chi connectivity index (χ0) is 12.0. The van der Waals surface area contributed by atoms with Gasteiger partial charge in [0.25, 0.3) is 0 Å². The number of carbonyl (C=O) groups excluding carboxylic acids is 2. The van der Waals surface area contributed by atoms with Crippen molar-refractivity contribution in [1.29, 1.82) is 0 Å². The summed E-state index contributed by atoms with van der Waals surface area (Å²) in [5, 5.41) is 0. The Morgan fingerprint density at radius 1 is 0.938 bits per heavy atom. The zero-order valence-electron chi connectivity index (χ0n) is 9.77. The van der Waals surface area contributed by atoms with Gasteiger partial charge in [0, 0.05) is 0 Å². The third kappa shape index (κ3) is 3.08. The van der Waals surface area contributed by atoms with Crippen LogP contribution in [0.1, 0.15) is 25.7 Å². The van der Waals surface area contributed by atoms with Gasteiger partial charge in [-0.25, -0.2) is 0 Å². The number of hydrogen-bond donors (Lipinski definition) is 0. The predicted octanol–water partition coefficient (Wildman–Crippen LogP) is 1.70. The topological polar surface area (TPSA) is 52.6 Å². The van der Waals surface area contributed by atoms with E-state index in [0.717, 1.165) is 12.8 Å². The largest absolute Gasteiger partial charge is 0.469 e. The Morgan fingerprint density at radius 2 is 1.31 bits per heavy atom. The average Bonchev–Trinajstić information content (AvgIpc) is 2.27. The van der Waals surface area contributed by atoms with Crippen molar-refractivity contribution in [2.24, 2.45) is 11.8 Å². The number of rotatable bonds is 2. The number of hydrogen-bond acceptors (Lipinski definition) is 4. The van der Waals surface area contributed by atoms with E-state index >= 15 is 0 Å². The minimum atomic E-state index is -0.373. The van der Waals surface area contributed by atoms with Crippen LogP contribution in [0.5, 0.6) is 0 Å². The molecule has 4 heteroatoms. The molecule has 0 saturated carbocycles. The van der Waals surface area contributed by atoms with Crippen molar-refractivity contribution in [3.63, 3.8) is 0 Å². The molecule has 0 aromatic heterocycles. The van der Waals surface area contributed by atoms with Gasteiger partial charge in [0.1, 0.15) is 0 Å². The normalized spacial score (nSPS) is 25.4. The molecule has 90 valence electrons. The summed E-state index contributed by atoms with van der Waals surface area (Å²) in [6.45, 7) is 0. The van der Waals surface area contributed by atoms with E-state index in [2.05, 4.69) is 0 Å². The minimum absolute atomic E-state index is 0.314. The molecular weight excluding hydrogens is 208 g/mol. The van der Waals surface area contributed by atoms with Crippen molar-refractivity contribution < 1.29 is 19.1 Å². The van der Waals surface area contributed by atoms with E-state index in [9.17, 15) is 9.59 Å². The molecule has 0 aromatic carbocycles. The molecule has 0 radical (unpaired) electrons. The molecule has 16 heavy (non-hydrogen) atoms. The van der Waals surface area contributed by atoms with Crippen molar-refractivity contribution in [3.05, 3.63) is 12.2 Å². The summed E-state index contributed by atoms with van der Waals surface area (Å²) < 4.78 is 9.48. The Hall–Kier alpha value is -1.32. The van der Waals surface area contributed by atoms with Crippen molar-refractivity contribution in [3.8, 4) is 0 Å². The van der Waals surface area contributed by atoms with Gasteiger partial charge in [-0.1, -0.05) is 12.2 Å². The molecule has 0 N–H and O–H groups in total. The van der Waals surface area contributed by atoms with E-state index < -0.39 is 0 Å². The monoisotopic (exact) mass is 226 g/mol. The molecule has 1 rings (SSSR count). The molecule has 0 aromatic rings. The summed E-state index contributed by atoms with van der Waals surface area (Å²) in [5.74, 6) is -1.37. The van der Waals surface area contributed by atoms with Crippen LogP contribution in [-0.2, 0) is 19.1 Å². The van der Waals surface area contributed by atoms with E-state index in [-0.39, 0.29) is 23.8 Å². The highest BCUT2D eigenvalue weighted by atomic mass is 16.5. The van der Waals surface area contributed by atoms with Crippen LogP contribution in [-0.4, -0.2) is 26.2 Å². The summed E-state index contributed by atoms with van der Waals surface area (Å²) in [6, 6.07) is 0.